The van der Waals surface area contributed by atoms with Crippen LogP contribution >= 0.6 is 0 Å². The molecule has 4 aliphatic heterocycles. The molecule has 2 fully saturated rings. The van der Waals surface area contributed by atoms with Gasteiger partial charge in [0.1, 0.15) is 49.7 Å². The van der Waals surface area contributed by atoms with Crippen LogP contribution in [0.1, 0.15) is 46.2 Å². The molecule has 0 aromatic heterocycles. The predicted octanol–water partition coefficient (Wildman–Crippen LogP) is 6.99. The van der Waals surface area contributed by atoms with Gasteiger partial charge >= 0.3 is 24.1 Å². The van der Waals surface area contributed by atoms with Crippen LogP contribution in [0.5, 0.6) is 0 Å². The number of amides is 4. The Morgan fingerprint density at radius 2 is 0.811 bits per heavy atom. The molecule has 0 bridgehead atoms. The summed E-state index contributed by atoms with van der Waals surface area (Å²) in [7, 11) is 2.52. The highest BCUT2D eigenvalue weighted by Crippen LogP contribution is 2.68. The molecule has 0 saturated carbocycles. The summed E-state index contributed by atoms with van der Waals surface area (Å²) in [6.45, 7) is -0.112. The average Bonchev–Trinajstić information content (AvgIpc) is 4.16. The number of ether oxygens (including phenoxy) is 4. The summed E-state index contributed by atoms with van der Waals surface area (Å²) in [6, 6.07) is 46.8. The third-order valence-electron chi connectivity index (χ3n) is 15.0. The second-order valence-electron chi connectivity index (χ2n) is 19.0. The molecule has 4 aliphatic rings. The Morgan fingerprint density at radius 1 is 0.486 bits per heavy atom. The lowest BCUT2D eigenvalue weighted by molar-refractivity contribution is -0.152. The van der Waals surface area contributed by atoms with Gasteiger partial charge in [-0.25, -0.2) is 19.2 Å². The first kappa shape index (κ1) is 48.9. The number of alkyl carbamates (subject to hydrolysis) is 2. The minimum absolute atomic E-state index is 0.0333. The number of benzene rings is 6. The third-order valence-corrected chi connectivity index (χ3v) is 15.0. The molecule has 0 unspecified atom stereocenters. The van der Waals surface area contributed by atoms with Crippen LogP contribution in [-0.4, -0.2) is 96.5 Å². The first-order valence-electron chi connectivity index (χ1n) is 24.6. The van der Waals surface area contributed by atoms with Crippen molar-refractivity contribution in [3.05, 3.63) is 203 Å². The monoisotopic (exact) mass is 996 g/mol. The summed E-state index contributed by atoms with van der Waals surface area (Å²) in [5, 5.41) is 13.0. The van der Waals surface area contributed by atoms with Crippen molar-refractivity contribution in [1.82, 2.24) is 20.4 Å². The number of methoxy groups -OCH3 is 2. The third kappa shape index (κ3) is 8.90. The van der Waals surface area contributed by atoms with Crippen LogP contribution in [0, 0.1) is 0 Å². The fourth-order valence-corrected chi connectivity index (χ4v) is 11.9. The molecular weight excluding hydrogens is 941 g/mol. The zero-order chi connectivity index (χ0) is 51.4. The standard InChI is InChI=1S/C58H56N6O10/c1-71-51(67)47-33-57(41-27-15-17-29-43(41)59-53(57)63(47)49(65)45(31-37-19-7-3-8-20-37)61-55(69)73-35-39-23-11-5-12-24-39)58-34-48(52(68)72-2)64(54(58)60-44-30-18-16-28-42(44)58)50(66)46(32-38-21-9-4-10-22-38)62-56(70)74-36-40-25-13-6-14-26-40/h3-30,45-48,53-54,59-60H,31-36H2,1-2H3,(H,61,69)(H,62,70)/t45-,46-,47-,48-,53+,54+,57-,58-/m0/s1. The van der Waals surface area contributed by atoms with Crippen LogP contribution < -0.4 is 21.3 Å². The number of nitrogens with one attached hydrogen (secondary N) is 4. The number of esters is 2. The van der Waals surface area contributed by atoms with Crippen LogP contribution in [0.25, 0.3) is 0 Å². The van der Waals surface area contributed by atoms with Crippen LogP contribution in [0.15, 0.2) is 170 Å². The summed E-state index contributed by atoms with van der Waals surface area (Å²) in [5.74, 6) is -2.62. The second-order valence-corrected chi connectivity index (χ2v) is 19.0. The Labute approximate surface area is 428 Å². The number of fused-ring (bicyclic) bond motifs is 7. The Kier molecular flexibility index (Phi) is 13.8. The molecule has 0 radical (unpaired) electrons. The highest BCUT2D eigenvalue weighted by Gasteiger charge is 2.77. The van der Waals surface area contributed by atoms with Gasteiger partial charge in [0, 0.05) is 24.2 Å². The molecule has 4 heterocycles. The zero-order valence-corrected chi connectivity index (χ0v) is 40.8. The second kappa shape index (κ2) is 20.8. The van der Waals surface area contributed by atoms with E-state index in [4.69, 9.17) is 18.9 Å². The van der Waals surface area contributed by atoms with E-state index in [-0.39, 0.29) is 38.9 Å². The average molecular weight is 997 g/mol. The molecule has 4 amide bonds. The number of rotatable bonds is 15. The summed E-state index contributed by atoms with van der Waals surface area (Å²) < 4.78 is 22.5. The lowest BCUT2D eigenvalue weighted by Gasteiger charge is -2.48. The maximum Gasteiger partial charge on any atom is 0.408 e. The smallest absolute Gasteiger partial charge is 0.408 e. The molecule has 4 N–H and O–H groups in total. The van der Waals surface area contributed by atoms with Crippen molar-refractivity contribution < 1.29 is 47.7 Å². The molecule has 10 rings (SSSR count). The Balaban J connectivity index is 1.09. The highest BCUT2D eigenvalue weighted by atomic mass is 16.6. The van der Waals surface area contributed by atoms with Gasteiger partial charge in [-0.15, -0.1) is 0 Å². The van der Waals surface area contributed by atoms with E-state index in [1.54, 1.807) is 0 Å². The molecule has 16 heteroatoms. The molecule has 0 spiro atoms. The molecule has 6 aromatic carbocycles. The van der Waals surface area contributed by atoms with Crippen molar-refractivity contribution >= 4 is 47.3 Å². The van der Waals surface area contributed by atoms with Crippen molar-refractivity contribution in [3.8, 4) is 0 Å². The fraction of sp³-hybridized carbons (Fsp3) is 0.276. The van der Waals surface area contributed by atoms with E-state index in [2.05, 4.69) is 21.3 Å². The topological polar surface area (TPSA) is 194 Å². The van der Waals surface area contributed by atoms with Gasteiger partial charge in [-0.1, -0.05) is 158 Å². The Morgan fingerprint density at radius 3 is 1.16 bits per heavy atom. The lowest BCUT2D eigenvalue weighted by Crippen LogP contribution is -2.64. The highest BCUT2D eigenvalue weighted by molar-refractivity contribution is 5.95. The van der Waals surface area contributed by atoms with Crippen molar-refractivity contribution in [2.75, 3.05) is 24.9 Å². The van der Waals surface area contributed by atoms with Gasteiger partial charge in [-0.3, -0.25) is 9.59 Å². The van der Waals surface area contributed by atoms with Gasteiger partial charge < -0.3 is 50.0 Å². The van der Waals surface area contributed by atoms with E-state index in [1.165, 1.54) is 24.0 Å². The maximum atomic E-state index is 15.9. The predicted molar refractivity (Wildman–Crippen MR) is 273 cm³/mol. The van der Waals surface area contributed by atoms with E-state index in [9.17, 15) is 19.2 Å². The van der Waals surface area contributed by atoms with E-state index < -0.39 is 83.3 Å². The lowest BCUT2D eigenvalue weighted by atomic mass is 9.54. The molecule has 0 aliphatic carbocycles. The first-order valence-corrected chi connectivity index (χ1v) is 24.6. The number of anilines is 2. The number of hydrogen-bond donors (Lipinski definition) is 4. The number of para-hydroxylation sites is 2. The van der Waals surface area contributed by atoms with Crippen molar-refractivity contribution in [1.29, 1.82) is 0 Å². The van der Waals surface area contributed by atoms with Crippen LogP contribution in [0.3, 0.4) is 0 Å². The summed E-state index contributed by atoms with van der Waals surface area (Å²) in [4.78, 5) is 91.5. The Bertz CT molecular complexity index is 2840. The molecule has 2 saturated heterocycles. The number of likely N-dealkylation sites (tertiary alicyclic amines) is 2. The zero-order valence-electron chi connectivity index (χ0n) is 40.8. The van der Waals surface area contributed by atoms with Crippen LogP contribution in [0.4, 0.5) is 21.0 Å². The largest absolute Gasteiger partial charge is 0.467 e. The van der Waals surface area contributed by atoms with Gasteiger partial charge in [-0.05, 0) is 58.4 Å². The van der Waals surface area contributed by atoms with Crippen LogP contribution in [0.2, 0.25) is 0 Å². The van der Waals surface area contributed by atoms with Crippen molar-refractivity contribution in [2.45, 2.75) is 86.2 Å². The van der Waals surface area contributed by atoms with Gasteiger partial charge in [0.2, 0.25) is 11.8 Å². The van der Waals surface area contributed by atoms with Crippen molar-refractivity contribution in [2.24, 2.45) is 0 Å². The summed E-state index contributed by atoms with van der Waals surface area (Å²) in [6.07, 6.45) is -3.80. The summed E-state index contributed by atoms with van der Waals surface area (Å²) >= 11 is 0. The Hall–Kier alpha value is -8.66. The van der Waals surface area contributed by atoms with Gasteiger partial charge in [-0.2, -0.15) is 0 Å². The van der Waals surface area contributed by atoms with Gasteiger partial charge in [0.05, 0.1) is 25.0 Å². The normalized spacial score (nSPS) is 22.5. The molecule has 378 valence electrons. The fourth-order valence-electron chi connectivity index (χ4n) is 11.9. The van der Waals surface area contributed by atoms with Gasteiger partial charge in [0.25, 0.3) is 0 Å². The number of carbonyl (C=O) groups excluding carboxylic acids is 6. The minimum Gasteiger partial charge on any atom is -0.467 e. The molecule has 8 atom stereocenters. The number of nitrogens with zero attached hydrogens (tertiary/aromatic N) is 2. The molecular formula is C58H56N6O10. The maximum absolute atomic E-state index is 15.9. The molecule has 16 nitrogen and oxygen atoms in total. The van der Waals surface area contributed by atoms with Gasteiger partial charge in [0.15, 0.2) is 0 Å². The van der Waals surface area contributed by atoms with E-state index in [1.807, 2.05) is 170 Å². The minimum atomic E-state index is -1.33. The SMILES string of the molecule is COC(=O)[C@@H]1C[C@]2([C@]34C[C@@H](C(=O)OC)N(C(=O)[C@H](Cc5ccccc5)NC(=O)OCc5ccccc5)[C@H]3Nc3ccccc34)c3ccccc3N[C@@H]2N1C(=O)[C@H](Cc1ccccc1)NC(=O)OCc1ccccc1. The number of carbonyl (C=O) groups is 6. The van der Waals surface area contributed by atoms with E-state index in [0.717, 1.165) is 33.4 Å². The van der Waals surface area contributed by atoms with Crippen molar-refractivity contribution in [3.63, 3.8) is 0 Å². The molecule has 6 aromatic rings. The summed E-state index contributed by atoms with van der Waals surface area (Å²) in [5.41, 5.74) is 3.09. The van der Waals surface area contributed by atoms with E-state index in [0.29, 0.717) is 11.4 Å². The number of hydrogen-bond acceptors (Lipinski definition) is 12. The quantitative estimate of drug-likeness (QED) is 0.0610. The molecule has 74 heavy (non-hydrogen) atoms. The van der Waals surface area contributed by atoms with E-state index >= 15 is 9.59 Å². The first-order chi connectivity index (χ1) is 36.1. The van der Waals surface area contributed by atoms with Crippen LogP contribution in [-0.2, 0) is 75.0 Å².